The van der Waals surface area contributed by atoms with Gasteiger partial charge in [-0.05, 0) is 31.0 Å². The minimum atomic E-state index is 0.708. The van der Waals surface area contributed by atoms with E-state index in [1.807, 2.05) is 12.1 Å². The van der Waals surface area contributed by atoms with Crippen LogP contribution in [-0.4, -0.2) is 12.4 Å². The van der Waals surface area contributed by atoms with Gasteiger partial charge in [-0.1, -0.05) is 22.0 Å². The van der Waals surface area contributed by atoms with Gasteiger partial charge in [0.1, 0.15) is 0 Å². The average Bonchev–Trinajstić information content (AvgIpc) is 2.13. The fourth-order valence-corrected chi connectivity index (χ4v) is 1.59. The van der Waals surface area contributed by atoms with Crippen molar-refractivity contribution in [2.45, 2.75) is 13.3 Å². The number of hydrogen-bond donors (Lipinski definition) is 1. The van der Waals surface area contributed by atoms with E-state index in [1.54, 1.807) is 0 Å². The van der Waals surface area contributed by atoms with Gasteiger partial charge in [-0.25, -0.2) is 0 Å². The summed E-state index contributed by atoms with van der Waals surface area (Å²) in [6.45, 7) is 3.02. The van der Waals surface area contributed by atoms with Crippen LogP contribution in [0.5, 0.6) is 0 Å². The third-order valence-corrected chi connectivity index (χ3v) is 3.02. The molecule has 0 fully saturated rings. The molecule has 0 unspecified atom stereocenters. The monoisotopic (exact) mass is 261 g/mol. The summed E-state index contributed by atoms with van der Waals surface area (Å²) < 4.78 is 1.14. The van der Waals surface area contributed by atoms with E-state index in [4.69, 9.17) is 11.6 Å². The van der Waals surface area contributed by atoms with Gasteiger partial charge in [-0.15, -0.1) is 11.6 Å². The molecule has 1 nitrogen and oxygen atoms in total. The van der Waals surface area contributed by atoms with Crippen molar-refractivity contribution >= 4 is 33.2 Å². The summed E-state index contributed by atoms with van der Waals surface area (Å²) in [5, 5.41) is 3.34. The molecule has 0 saturated carbocycles. The highest BCUT2D eigenvalue weighted by atomic mass is 79.9. The zero-order valence-electron chi connectivity index (χ0n) is 7.61. The van der Waals surface area contributed by atoms with Crippen molar-refractivity contribution < 1.29 is 0 Å². The number of hydrogen-bond acceptors (Lipinski definition) is 1. The fourth-order valence-electron chi connectivity index (χ4n) is 1.09. The molecule has 13 heavy (non-hydrogen) atoms. The average molecular weight is 263 g/mol. The normalized spacial score (nSPS) is 10.1. The molecular formula is C10H13BrClN. The van der Waals surface area contributed by atoms with Gasteiger partial charge in [0.2, 0.25) is 0 Å². The summed E-state index contributed by atoms with van der Waals surface area (Å²) >= 11 is 9.08. The molecule has 0 aliphatic heterocycles. The molecule has 0 saturated heterocycles. The maximum atomic E-state index is 5.59. The second kappa shape index (κ2) is 5.51. The molecule has 0 heterocycles. The van der Waals surface area contributed by atoms with Gasteiger partial charge < -0.3 is 5.32 Å². The van der Waals surface area contributed by atoms with Gasteiger partial charge >= 0.3 is 0 Å². The third kappa shape index (κ3) is 3.20. The predicted octanol–water partition coefficient (Wildman–Crippen LogP) is 3.80. The van der Waals surface area contributed by atoms with E-state index in [2.05, 4.69) is 34.2 Å². The summed E-state index contributed by atoms with van der Waals surface area (Å²) in [5.41, 5.74) is 2.43. The van der Waals surface area contributed by atoms with Crippen LogP contribution in [0.4, 0.5) is 5.69 Å². The number of rotatable bonds is 4. The van der Waals surface area contributed by atoms with Crippen LogP contribution in [0.2, 0.25) is 0 Å². The van der Waals surface area contributed by atoms with E-state index < -0.39 is 0 Å². The molecule has 1 aromatic carbocycles. The van der Waals surface area contributed by atoms with Gasteiger partial charge in [0, 0.05) is 22.6 Å². The third-order valence-electron chi connectivity index (χ3n) is 1.89. The van der Waals surface area contributed by atoms with Crippen LogP contribution >= 0.6 is 27.5 Å². The lowest BCUT2D eigenvalue weighted by molar-refractivity contribution is 0.984. The fraction of sp³-hybridized carbons (Fsp3) is 0.400. The minimum absolute atomic E-state index is 0.708. The molecule has 1 rings (SSSR count). The molecule has 1 aromatic rings. The van der Waals surface area contributed by atoms with Crippen molar-refractivity contribution in [1.82, 2.24) is 0 Å². The molecule has 0 atom stereocenters. The zero-order valence-corrected chi connectivity index (χ0v) is 9.95. The van der Waals surface area contributed by atoms with Crippen LogP contribution < -0.4 is 5.32 Å². The Balaban J connectivity index is 2.61. The van der Waals surface area contributed by atoms with Gasteiger partial charge in [0.05, 0.1) is 0 Å². The summed E-state index contributed by atoms with van der Waals surface area (Å²) in [4.78, 5) is 0. The highest BCUT2D eigenvalue weighted by Gasteiger charge is 1.99. The second-order valence-corrected chi connectivity index (χ2v) is 4.11. The number of benzene rings is 1. The smallest absolute Gasteiger partial charge is 0.0381 e. The zero-order chi connectivity index (χ0) is 9.68. The number of nitrogens with one attached hydrogen (secondary N) is 1. The minimum Gasteiger partial charge on any atom is -0.385 e. The van der Waals surface area contributed by atoms with Gasteiger partial charge in [0.25, 0.3) is 0 Å². The molecule has 72 valence electrons. The SMILES string of the molecule is Cc1c(Br)cccc1NCCCCl. The highest BCUT2D eigenvalue weighted by Crippen LogP contribution is 2.23. The van der Waals surface area contributed by atoms with E-state index in [-0.39, 0.29) is 0 Å². The van der Waals surface area contributed by atoms with Crippen molar-refractivity contribution in [3.05, 3.63) is 28.2 Å². The molecule has 1 N–H and O–H groups in total. The van der Waals surface area contributed by atoms with E-state index >= 15 is 0 Å². The molecular weight excluding hydrogens is 249 g/mol. The van der Waals surface area contributed by atoms with Crippen molar-refractivity contribution in [2.75, 3.05) is 17.7 Å². The Hall–Kier alpha value is -0.210. The Labute approximate surface area is 92.6 Å². The standard InChI is InChI=1S/C10H13BrClN/c1-8-9(11)4-2-5-10(8)13-7-3-6-12/h2,4-5,13H,3,6-7H2,1H3. The maximum absolute atomic E-state index is 5.59. The largest absolute Gasteiger partial charge is 0.385 e. The Bertz CT molecular complexity index is 276. The lowest BCUT2D eigenvalue weighted by Crippen LogP contribution is -2.03. The molecule has 0 amide bonds. The Morgan fingerprint density at radius 1 is 1.46 bits per heavy atom. The predicted molar refractivity (Wildman–Crippen MR) is 62.7 cm³/mol. The van der Waals surface area contributed by atoms with Crippen molar-refractivity contribution in [3.63, 3.8) is 0 Å². The van der Waals surface area contributed by atoms with Gasteiger partial charge in [0.15, 0.2) is 0 Å². The van der Waals surface area contributed by atoms with Crippen LogP contribution in [0, 0.1) is 6.92 Å². The summed E-state index contributed by atoms with van der Waals surface area (Å²) in [6, 6.07) is 6.15. The summed E-state index contributed by atoms with van der Waals surface area (Å²) in [5.74, 6) is 0.708. The maximum Gasteiger partial charge on any atom is 0.0381 e. The van der Waals surface area contributed by atoms with Crippen LogP contribution in [-0.2, 0) is 0 Å². The van der Waals surface area contributed by atoms with Crippen LogP contribution in [0.15, 0.2) is 22.7 Å². The summed E-state index contributed by atoms with van der Waals surface area (Å²) in [6.07, 6.45) is 0.994. The quantitative estimate of drug-likeness (QED) is 0.643. The van der Waals surface area contributed by atoms with Crippen LogP contribution in [0.3, 0.4) is 0 Å². The van der Waals surface area contributed by atoms with E-state index in [1.165, 1.54) is 11.3 Å². The van der Waals surface area contributed by atoms with Crippen LogP contribution in [0.25, 0.3) is 0 Å². The van der Waals surface area contributed by atoms with Crippen molar-refractivity contribution in [2.24, 2.45) is 0 Å². The molecule has 0 radical (unpaired) electrons. The number of alkyl halides is 1. The topological polar surface area (TPSA) is 12.0 Å². The first-order valence-electron chi connectivity index (χ1n) is 4.30. The first kappa shape index (κ1) is 10.9. The van der Waals surface area contributed by atoms with Crippen molar-refractivity contribution in [1.29, 1.82) is 0 Å². The van der Waals surface area contributed by atoms with E-state index in [0.717, 1.165) is 17.4 Å². The van der Waals surface area contributed by atoms with Gasteiger partial charge in [-0.3, -0.25) is 0 Å². The van der Waals surface area contributed by atoms with Crippen molar-refractivity contribution in [3.8, 4) is 0 Å². The molecule has 0 bridgehead atoms. The Morgan fingerprint density at radius 2 is 2.23 bits per heavy atom. The first-order valence-corrected chi connectivity index (χ1v) is 5.63. The van der Waals surface area contributed by atoms with Crippen LogP contribution in [0.1, 0.15) is 12.0 Å². The Morgan fingerprint density at radius 3 is 2.92 bits per heavy atom. The van der Waals surface area contributed by atoms with Gasteiger partial charge in [-0.2, -0.15) is 0 Å². The van der Waals surface area contributed by atoms with E-state index in [9.17, 15) is 0 Å². The molecule has 0 aliphatic carbocycles. The molecule has 0 aromatic heterocycles. The molecule has 3 heteroatoms. The first-order chi connectivity index (χ1) is 6.25. The molecule has 0 spiro atoms. The lowest BCUT2D eigenvalue weighted by atomic mass is 10.2. The number of anilines is 1. The Kier molecular flexibility index (Phi) is 4.60. The number of halogens is 2. The van der Waals surface area contributed by atoms with E-state index in [0.29, 0.717) is 5.88 Å². The lowest BCUT2D eigenvalue weighted by Gasteiger charge is -2.09. The highest BCUT2D eigenvalue weighted by molar-refractivity contribution is 9.10. The summed E-state index contributed by atoms with van der Waals surface area (Å²) in [7, 11) is 0. The second-order valence-electron chi connectivity index (χ2n) is 2.88. The molecule has 0 aliphatic rings.